The van der Waals surface area contributed by atoms with Gasteiger partial charge in [-0.2, -0.15) is 0 Å². The summed E-state index contributed by atoms with van der Waals surface area (Å²) in [6.45, 7) is 39.3. The Hall–Kier alpha value is -6.20. The molecule has 8 N–H and O–H groups in total. The van der Waals surface area contributed by atoms with Gasteiger partial charge in [-0.3, -0.25) is 0 Å². The summed E-state index contributed by atoms with van der Waals surface area (Å²) in [5.41, 5.74) is 0.416. The number of methoxy groups -OCH3 is 2. The van der Waals surface area contributed by atoms with Crippen molar-refractivity contribution in [2.45, 2.75) is 384 Å². The normalized spacial score (nSPS) is 28.5. The number of ether oxygens (including phenoxy) is 9. The van der Waals surface area contributed by atoms with Crippen molar-refractivity contribution in [3.05, 3.63) is 0 Å². The fraction of sp³-hybridized carbons (Fsp3) is 0.926. The van der Waals surface area contributed by atoms with Crippen molar-refractivity contribution in [3.8, 4) is 0 Å². The molecule has 33 nitrogen and oxygen atoms in total. The molecule has 141 heavy (non-hydrogen) atoms. The van der Waals surface area contributed by atoms with Gasteiger partial charge in [0.2, 0.25) is 0 Å². The van der Waals surface area contributed by atoms with Crippen molar-refractivity contribution in [1.82, 2.24) is 81.7 Å². The van der Waals surface area contributed by atoms with Crippen LogP contribution in [0, 0.1) is 64.6 Å². The molecular weight excluding hydrogens is 1790 g/mol. The van der Waals surface area contributed by atoms with Crippen LogP contribution in [-0.4, -0.2) is 357 Å². The number of urea groups is 8. The molecule has 7 saturated heterocycles. The molecule has 13 saturated carbocycles. The molecular formula is C108H192N16O17. The molecule has 11 atom stereocenters. The molecule has 20 aliphatic rings. The summed E-state index contributed by atoms with van der Waals surface area (Å²) in [7, 11) is 3.41. The monoisotopic (exact) mass is 1990 g/mol. The Morgan fingerprint density at radius 1 is 0.298 bits per heavy atom. The van der Waals surface area contributed by atoms with Crippen LogP contribution in [0.15, 0.2) is 0 Å². The fourth-order valence-corrected chi connectivity index (χ4v) is 22.7. The highest BCUT2D eigenvalue weighted by Crippen LogP contribution is 2.58. The van der Waals surface area contributed by atoms with Gasteiger partial charge < -0.3 is 124 Å². The second kappa shape index (κ2) is 57.4. The Balaban J connectivity index is 0.000000136. The molecule has 0 aromatic heterocycles. The lowest BCUT2D eigenvalue weighted by Crippen LogP contribution is -2.51. The molecule has 7 aliphatic heterocycles. The lowest BCUT2D eigenvalue weighted by Gasteiger charge is -2.33. The Labute approximate surface area is 847 Å². The zero-order chi connectivity index (χ0) is 99.6. The minimum Gasteiger partial charge on any atom is -0.381 e. The second-order valence-corrected chi connectivity index (χ2v) is 45.0. The summed E-state index contributed by atoms with van der Waals surface area (Å²) in [6, 6.07) is 5.15. The molecule has 806 valence electrons. The van der Waals surface area contributed by atoms with E-state index in [1.165, 1.54) is 109 Å². The zero-order valence-corrected chi connectivity index (χ0v) is 88.9. The van der Waals surface area contributed by atoms with Crippen molar-refractivity contribution in [1.29, 1.82) is 0 Å². The second-order valence-electron chi connectivity index (χ2n) is 45.0. The van der Waals surface area contributed by atoms with Crippen LogP contribution >= 0.6 is 0 Å². The average molecular weight is 1990 g/mol. The van der Waals surface area contributed by atoms with E-state index in [1.807, 2.05) is 29.4 Å². The van der Waals surface area contributed by atoms with Gasteiger partial charge in [-0.1, -0.05) is 61.8 Å². The summed E-state index contributed by atoms with van der Waals surface area (Å²) >= 11 is 0. The van der Waals surface area contributed by atoms with E-state index in [0.717, 1.165) is 315 Å². The van der Waals surface area contributed by atoms with E-state index in [-0.39, 0.29) is 78.2 Å². The minimum atomic E-state index is 0.0591. The number of carbonyl (C=O) groups is 8. The predicted octanol–water partition coefficient (Wildman–Crippen LogP) is 15.3. The Bertz CT molecular complexity index is 3520. The van der Waals surface area contributed by atoms with Crippen molar-refractivity contribution < 1.29 is 81.0 Å². The Morgan fingerprint density at radius 3 is 1.02 bits per heavy atom. The molecule has 7 heterocycles. The van der Waals surface area contributed by atoms with Crippen LogP contribution in [-0.2, 0) is 42.6 Å². The van der Waals surface area contributed by atoms with E-state index >= 15 is 0 Å². The fourth-order valence-electron chi connectivity index (χ4n) is 22.7. The van der Waals surface area contributed by atoms with Gasteiger partial charge in [0.05, 0.1) is 70.7 Å². The largest absolute Gasteiger partial charge is 0.381 e. The number of amides is 16. The number of nitrogens with zero attached hydrogens (tertiary/aromatic N) is 8. The van der Waals surface area contributed by atoms with Crippen LogP contribution < -0.4 is 42.5 Å². The first-order valence-corrected chi connectivity index (χ1v) is 57.3. The van der Waals surface area contributed by atoms with Crippen molar-refractivity contribution in [2.24, 2.45) is 64.6 Å². The Morgan fingerprint density at radius 2 is 0.660 bits per heavy atom. The van der Waals surface area contributed by atoms with Crippen LogP contribution in [0.2, 0.25) is 0 Å². The van der Waals surface area contributed by atoms with Gasteiger partial charge in [-0.05, 0) is 291 Å². The van der Waals surface area contributed by atoms with Gasteiger partial charge in [0.15, 0.2) is 0 Å². The minimum absolute atomic E-state index is 0.0591. The summed E-state index contributed by atoms with van der Waals surface area (Å²) in [6.07, 6.45) is 45.4. The molecule has 0 aromatic carbocycles. The molecule has 0 radical (unpaired) electrons. The first-order chi connectivity index (χ1) is 68.7. The number of hydrogen-bond donors (Lipinski definition) is 8. The van der Waals surface area contributed by atoms with Crippen molar-refractivity contribution >= 4 is 48.2 Å². The molecule has 0 spiro atoms. The van der Waals surface area contributed by atoms with Gasteiger partial charge in [-0.25, -0.2) is 38.4 Å². The van der Waals surface area contributed by atoms with E-state index in [2.05, 4.69) is 108 Å². The molecule has 16 amide bonds. The maximum Gasteiger partial charge on any atom is 0.318 e. The van der Waals surface area contributed by atoms with Crippen molar-refractivity contribution in [2.75, 3.05) is 192 Å². The summed E-state index contributed by atoms with van der Waals surface area (Å²) in [4.78, 5) is 113. The van der Waals surface area contributed by atoms with E-state index < -0.39 is 0 Å². The van der Waals surface area contributed by atoms with E-state index in [0.29, 0.717) is 116 Å². The van der Waals surface area contributed by atoms with Crippen molar-refractivity contribution in [3.63, 3.8) is 0 Å². The lowest BCUT2D eigenvalue weighted by atomic mass is 9.89. The quantitative estimate of drug-likeness (QED) is 0.0281. The maximum atomic E-state index is 12.5. The Kier molecular flexibility index (Phi) is 45.6. The number of nitrogens with one attached hydrogen (secondary N) is 8. The van der Waals surface area contributed by atoms with Crippen LogP contribution in [0.1, 0.15) is 306 Å². The molecule has 33 heteroatoms. The third-order valence-electron chi connectivity index (χ3n) is 32.8. The summed E-state index contributed by atoms with van der Waals surface area (Å²) in [5.74, 6) is 7.20. The number of rotatable bonds is 42. The van der Waals surface area contributed by atoms with Crippen LogP contribution in [0.5, 0.6) is 0 Å². The molecule has 0 aromatic rings. The maximum absolute atomic E-state index is 12.5. The van der Waals surface area contributed by atoms with Crippen LogP contribution in [0.3, 0.4) is 0 Å². The third kappa shape index (κ3) is 36.4. The first kappa shape index (κ1) is 112. The third-order valence-corrected chi connectivity index (χ3v) is 32.8. The number of carbonyl (C=O) groups excluding carboxylic acids is 8. The highest BCUT2D eigenvalue weighted by molar-refractivity contribution is 5.79. The highest BCUT2D eigenvalue weighted by Gasteiger charge is 2.59. The lowest BCUT2D eigenvalue weighted by molar-refractivity contribution is -0.0545. The molecule has 13 aliphatic carbocycles. The SMILES string of the molecule is CCCN(C(=O)NC1(C2CCOCC2)CC1)C1CC1.CCCN(C(=O)NCC12COCC1C2)C1CC1.CCCN(C(=O)NCC1C2CCCC21)C1CC1.CCCN(C(=O)NCC1C2COCC12)C1CC1.CCCN(C(=O)NCC1CC(OC)CO1)C1CC1.CCCN(C(=O)NCC1CCCCO1)C1CC1.CCCN(C(=O)NCC1CCOCC1)C1CC1.CCCN(C(=O)NCC1COCC(OC)C1)C1CC1. The average Bonchev–Trinajstić information content (AvgIpc) is 1.58. The first-order valence-electron chi connectivity index (χ1n) is 57.3. The van der Waals surface area contributed by atoms with Crippen LogP contribution in [0.4, 0.5) is 38.4 Å². The topological polar surface area (TPSA) is 342 Å². The smallest absolute Gasteiger partial charge is 0.318 e. The van der Waals surface area contributed by atoms with Gasteiger partial charge in [0, 0.05) is 217 Å². The molecule has 20 fully saturated rings. The van der Waals surface area contributed by atoms with Gasteiger partial charge in [-0.15, -0.1) is 0 Å². The molecule has 20 rings (SSSR count). The van der Waals surface area contributed by atoms with E-state index in [9.17, 15) is 38.4 Å². The van der Waals surface area contributed by atoms with E-state index in [1.54, 1.807) is 14.2 Å². The standard InChI is InChI=1S/C15H26N2O2.C14H26N2O3.C14H24N2O.C13H24N2O3.2C13H22N2O2.2C13H24N2O2/c1-2-9-17(13-3-4-13)14(18)16-15(7-8-15)12-5-10-19-11-6-12;1-3-6-16(12-4-5-12)14(17)15-8-11-7-13(18-2)10-19-9-11;1-2-8-16(10-6-7-10)14(17)15-9-13-11-4-3-5-12(11)13;1-3-6-15(10-4-5-10)13(16)14-8-11-7-12(17-2)9-18-11;1-2-5-15(11-3-4-11)12(16)14-8-13-6-10(13)7-17-9-13;1-2-5-15(9-3-4-9)13(16)14-6-10-11-7-17-8-12(10)11;1-2-7-15(12-3-4-12)13(16)14-10-11-5-8-17-9-6-11;1-2-8-15(11-6-7-11)13(16)14-10-12-5-3-4-9-17-12/h12-13H,2-11H2,1H3,(H,16,18);11-13H,3-10H2,1-2H3,(H,15,17);10-13H,2-9H2,1H3,(H,15,17);10-12H,3-9H2,1-2H3,(H,14,16);10-11H,2-9H2,1H3,(H,14,16);9-12H,2-8H2,1H3,(H,14,16);2*11-12H,2-10H2,1H3,(H,14,16). The van der Waals surface area contributed by atoms with Gasteiger partial charge in [0.25, 0.3) is 0 Å². The molecule has 0 bridgehead atoms. The molecule has 11 unspecified atom stereocenters. The summed E-state index contributed by atoms with van der Waals surface area (Å²) < 4.78 is 48.8. The zero-order valence-electron chi connectivity index (χ0n) is 88.9. The van der Waals surface area contributed by atoms with Crippen LogP contribution in [0.25, 0.3) is 0 Å². The summed E-state index contributed by atoms with van der Waals surface area (Å²) in [5, 5.41) is 24.9. The van der Waals surface area contributed by atoms with Gasteiger partial charge >= 0.3 is 48.2 Å². The van der Waals surface area contributed by atoms with Gasteiger partial charge in [0.1, 0.15) is 0 Å². The predicted molar refractivity (Wildman–Crippen MR) is 547 cm³/mol. The number of fused-ring (bicyclic) bond motifs is 3. The van der Waals surface area contributed by atoms with E-state index in [4.69, 9.17) is 42.6 Å². The highest BCUT2D eigenvalue weighted by atomic mass is 16.5. The number of hydrogen-bond acceptors (Lipinski definition) is 17.